The number of hydrogen-bond acceptors (Lipinski definition) is 5. The van der Waals surface area contributed by atoms with E-state index in [0.717, 1.165) is 49.8 Å². The minimum Gasteiger partial charge on any atom is -0.491 e. The molecule has 0 aliphatic carbocycles. The zero-order valence-electron chi connectivity index (χ0n) is 16.5. The molecule has 152 valence electrons. The number of rotatable bonds is 6. The van der Waals surface area contributed by atoms with E-state index < -0.39 is 0 Å². The summed E-state index contributed by atoms with van der Waals surface area (Å²) >= 11 is 6.13. The third kappa shape index (κ3) is 4.61. The first kappa shape index (κ1) is 19.9. The number of H-pyrrole nitrogens is 1. The molecule has 1 atom stereocenters. The Bertz CT molecular complexity index is 1030. The van der Waals surface area contributed by atoms with E-state index in [1.165, 1.54) is 0 Å². The van der Waals surface area contributed by atoms with Gasteiger partial charge in [0, 0.05) is 32.7 Å². The van der Waals surface area contributed by atoms with Gasteiger partial charge >= 0.3 is 0 Å². The minimum absolute atomic E-state index is 0.0637. The summed E-state index contributed by atoms with van der Waals surface area (Å²) in [6.07, 6.45) is 0. The van der Waals surface area contributed by atoms with Crippen molar-refractivity contribution in [1.82, 2.24) is 19.8 Å². The van der Waals surface area contributed by atoms with Crippen molar-refractivity contribution in [3.05, 3.63) is 69.7 Å². The highest BCUT2D eigenvalue weighted by Crippen LogP contribution is 2.23. The van der Waals surface area contributed by atoms with E-state index in [-0.39, 0.29) is 11.6 Å². The van der Waals surface area contributed by atoms with E-state index in [4.69, 9.17) is 16.3 Å². The van der Waals surface area contributed by atoms with Crippen LogP contribution in [0.1, 0.15) is 18.8 Å². The molecule has 0 radical (unpaired) electrons. The van der Waals surface area contributed by atoms with Crippen molar-refractivity contribution in [2.45, 2.75) is 13.0 Å². The van der Waals surface area contributed by atoms with Crippen molar-refractivity contribution in [1.29, 1.82) is 0 Å². The molecular weight excluding hydrogens is 388 g/mol. The van der Waals surface area contributed by atoms with Gasteiger partial charge in [0.05, 0.1) is 22.0 Å². The minimum atomic E-state index is -0.0761. The lowest BCUT2D eigenvalue weighted by Crippen LogP contribution is -2.48. The summed E-state index contributed by atoms with van der Waals surface area (Å²) in [5.74, 6) is 1.46. The van der Waals surface area contributed by atoms with E-state index in [2.05, 4.69) is 26.7 Å². The van der Waals surface area contributed by atoms with Crippen molar-refractivity contribution in [2.24, 2.45) is 0 Å². The molecule has 3 aromatic rings. The number of para-hydroxylation sites is 2. The molecule has 1 aliphatic heterocycles. The molecule has 1 N–H and O–H groups in total. The number of piperazine rings is 1. The van der Waals surface area contributed by atoms with Gasteiger partial charge in [-0.2, -0.15) is 0 Å². The molecule has 1 aromatic heterocycles. The van der Waals surface area contributed by atoms with E-state index in [9.17, 15) is 4.79 Å². The number of nitrogens with one attached hydrogen (secondary N) is 1. The number of fused-ring (bicyclic) bond motifs is 1. The smallest absolute Gasteiger partial charge is 0.258 e. The molecule has 1 saturated heterocycles. The lowest BCUT2D eigenvalue weighted by molar-refractivity contribution is 0.0891. The molecule has 1 aliphatic rings. The molecule has 0 amide bonds. The zero-order chi connectivity index (χ0) is 20.2. The molecule has 1 unspecified atom stereocenters. The average Bonchev–Trinajstić information content (AvgIpc) is 2.75. The fourth-order valence-corrected chi connectivity index (χ4v) is 3.89. The van der Waals surface area contributed by atoms with Crippen LogP contribution in [0.5, 0.6) is 5.75 Å². The first-order valence-electron chi connectivity index (χ1n) is 9.94. The normalized spacial score (nSPS) is 16.8. The summed E-state index contributed by atoms with van der Waals surface area (Å²) in [5, 5.41) is 1.27. The second kappa shape index (κ2) is 8.95. The highest BCUT2D eigenvalue weighted by Gasteiger charge is 2.23. The predicted molar refractivity (Wildman–Crippen MR) is 116 cm³/mol. The molecule has 0 saturated carbocycles. The fourth-order valence-electron chi connectivity index (χ4n) is 3.70. The predicted octanol–water partition coefficient (Wildman–Crippen LogP) is 3.33. The van der Waals surface area contributed by atoms with Crippen LogP contribution in [0, 0.1) is 0 Å². The van der Waals surface area contributed by atoms with Gasteiger partial charge < -0.3 is 9.72 Å². The third-order valence-corrected chi connectivity index (χ3v) is 5.80. The number of aromatic nitrogens is 2. The summed E-state index contributed by atoms with van der Waals surface area (Å²) in [4.78, 5) is 24.7. The maximum absolute atomic E-state index is 12.4. The van der Waals surface area contributed by atoms with Gasteiger partial charge in [-0.15, -0.1) is 0 Å². The monoisotopic (exact) mass is 412 g/mol. The summed E-state index contributed by atoms with van der Waals surface area (Å²) in [5.41, 5.74) is 0.668. The highest BCUT2D eigenvalue weighted by atomic mass is 35.5. The molecule has 1 fully saturated rings. The van der Waals surface area contributed by atoms with Crippen LogP contribution in [0.4, 0.5) is 0 Å². The summed E-state index contributed by atoms with van der Waals surface area (Å²) in [6.45, 7) is 7.32. The van der Waals surface area contributed by atoms with Gasteiger partial charge in [-0.25, -0.2) is 4.98 Å². The van der Waals surface area contributed by atoms with E-state index >= 15 is 0 Å². The molecule has 2 heterocycles. The Morgan fingerprint density at radius 3 is 2.62 bits per heavy atom. The first-order chi connectivity index (χ1) is 14.1. The van der Waals surface area contributed by atoms with Crippen LogP contribution in [-0.4, -0.2) is 59.1 Å². The van der Waals surface area contributed by atoms with E-state index in [1.807, 2.05) is 42.5 Å². The molecule has 6 nitrogen and oxygen atoms in total. The number of nitrogens with zero attached hydrogens (tertiary/aromatic N) is 3. The second-order valence-corrected chi connectivity index (χ2v) is 7.71. The number of hydrogen-bond donors (Lipinski definition) is 1. The fraction of sp³-hybridized carbons (Fsp3) is 0.364. The van der Waals surface area contributed by atoms with Crippen LogP contribution in [0.15, 0.2) is 53.3 Å². The summed E-state index contributed by atoms with van der Waals surface area (Å²) in [7, 11) is 0. The quantitative estimate of drug-likeness (QED) is 0.672. The molecule has 0 spiro atoms. The lowest BCUT2D eigenvalue weighted by Gasteiger charge is -2.37. The Kier molecular flexibility index (Phi) is 6.13. The third-order valence-electron chi connectivity index (χ3n) is 5.48. The average molecular weight is 413 g/mol. The van der Waals surface area contributed by atoms with Crippen molar-refractivity contribution in [3.63, 3.8) is 0 Å². The summed E-state index contributed by atoms with van der Waals surface area (Å²) < 4.78 is 5.80. The number of benzene rings is 2. The zero-order valence-corrected chi connectivity index (χ0v) is 17.2. The van der Waals surface area contributed by atoms with Crippen molar-refractivity contribution in [3.8, 4) is 5.75 Å². The molecule has 7 heteroatoms. The summed E-state index contributed by atoms with van der Waals surface area (Å²) in [6, 6.07) is 15.1. The SMILES string of the molecule is CC(c1nc2ccccc2c(=O)[nH]1)N1CCN(CCOc2ccccc2Cl)CC1. The Hall–Kier alpha value is -2.41. The number of halogens is 1. The Balaban J connectivity index is 1.31. The van der Waals surface area contributed by atoms with Gasteiger partial charge in [-0.1, -0.05) is 35.9 Å². The van der Waals surface area contributed by atoms with Crippen LogP contribution in [0.3, 0.4) is 0 Å². The number of ether oxygens (including phenoxy) is 1. The van der Waals surface area contributed by atoms with Crippen molar-refractivity contribution in [2.75, 3.05) is 39.3 Å². The van der Waals surface area contributed by atoms with Gasteiger partial charge in [-0.05, 0) is 31.2 Å². The van der Waals surface area contributed by atoms with E-state index in [1.54, 1.807) is 6.07 Å². The van der Waals surface area contributed by atoms with Gasteiger partial charge in [-0.3, -0.25) is 14.6 Å². The van der Waals surface area contributed by atoms with Gasteiger partial charge in [0.2, 0.25) is 0 Å². The topological polar surface area (TPSA) is 61.5 Å². The van der Waals surface area contributed by atoms with Crippen LogP contribution in [0.25, 0.3) is 10.9 Å². The van der Waals surface area contributed by atoms with Crippen LogP contribution >= 0.6 is 11.6 Å². The maximum atomic E-state index is 12.4. The maximum Gasteiger partial charge on any atom is 0.258 e. The molecule has 29 heavy (non-hydrogen) atoms. The Labute approximate surface area is 175 Å². The van der Waals surface area contributed by atoms with Crippen LogP contribution in [0.2, 0.25) is 5.02 Å². The largest absolute Gasteiger partial charge is 0.491 e. The van der Waals surface area contributed by atoms with Gasteiger partial charge in [0.15, 0.2) is 0 Å². The molecule has 4 rings (SSSR count). The van der Waals surface area contributed by atoms with E-state index in [0.29, 0.717) is 17.0 Å². The standard InChI is InChI=1S/C22H25ClN4O2/c1-16(21-24-19-8-4-2-6-17(19)22(28)25-21)27-12-10-26(11-13-27)14-15-29-20-9-5-3-7-18(20)23/h2-9,16H,10-15H2,1H3,(H,24,25,28). The first-order valence-corrected chi connectivity index (χ1v) is 10.3. The van der Waals surface area contributed by atoms with Gasteiger partial charge in [0.1, 0.15) is 18.2 Å². The second-order valence-electron chi connectivity index (χ2n) is 7.30. The lowest BCUT2D eigenvalue weighted by atomic mass is 10.2. The molecule has 2 aromatic carbocycles. The molecule has 0 bridgehead atoms. The van der Waals surface area contributed by atoms with Gasteiger partial charge in [0.25, 0.3) is 5.56 Å². The number of aromatic amines is 1. The van der Waals surface area contributed by atoms with Crippen LogP contribution in [-0.2, 0) is 0 Å². The molecular formula is C22H25ClN4O2. The highest BCUT2D eigenvalue weighted by molar-refractivity contribution is 6.32. The Morgan fingerprint density at radius 1 is 1.10 bits per heavy atom. The van der Waals surface area contributed by atoms with Crippen LogP contribution < -0.4 is 10.3 Å². The Morgan fingerprint density at radius 2 is 1.83 bits per heavy atom. The van der Waals surface area contributed by atoms with Crippen molar-refractivity contribution < 1.29 is 4.74 Å². The van der Waals surface area contributed by atoms with Crippen molar-refractivity contribution >= 4 is 22.5 Å².